The molecule has 2 rings (SSSR count). The van der Waals surface area contributed by atoms with Crippen molar-refractivity contribution in [3.8, 4) is 0 Å². The zero-order chi connectivity index (χ0) is 19.3. The Morgan fingerprint density at radius 3 is 2.62 bits per heavy atom. The summed E-state index contributed by atoms with van der Waals surface area (Å²) >= 11 is 1.08. The zero-order valence-corrected chi connectivity index (χ0v) is 15.6. The van der Waals surface area contributed by atoms with Gasteiger partial charge in [0.15, 0.2) is 0 Å². The minimum absolute atomic E-state index is 0.165. The number of hydrogen-bond donors (Lipinski definition) is 2. The molecule has 2 heterocycles. The summed E-state index contributed by atoms with van der Waals surface area (Å²) in [6.07, 6.45) is 1.25. The van der Waals surface area contributed by atoms with E-state index < -0.39 is 17.4 Å². The number of carbonyl (C=O) groups is 3. The van der Waals surface area contributed by atoms with Crippen LogP contribution < -0.4 is 16.2 Å². The van der Waals surface area contributed by atoms with E-state index in [0.29, 0.717) is 21.8 Å². The van der Waals surface area contributed by atoms with Gasteiger partial charge in [0, 0.05) is 6.54 Å². The Morgan fingerprint density at radius 2 is 1.96 bits per heavy atom. The van der Waals surface area contributed by atoms with Crippen LogP contribution in [0.2, 0.25) is 0 Å². The second-order valence-electron chi connectivity index (χ2n) is 5.36. The minimum Gasteiger partial charge on any atom is -0.462 e. The Labute approximate surface area is 153 Å². The van der Waals surface area contributed by atoms with Gasteiger partial charge in [-0.1, -0.05) is 0 Å². The first-order valence-corrected chi connectivity index (χ1v) is 8.89. The lowest BCUT2D eigenvalue weighted by Gasteiger charge is -2.07. The van der Waals surface area contributed by atoms with Gasteiger partial charge < -0.3 is 15.4 Å². The van der Waals surface area contributed by atoms with E-state index >= 15 is 0 Å². The van der Waals surface area contributed by atoms with Crippen molar-refractivity contribution in [1.29, 1.82) is 0 Å². The standard InChI is InChI=1S/C16H20N4O5S/c1-4-17-10(21)6-18-11(22)7-20-8-19-14-12(15(20)23)9(3)13(26-14)16(24)25-5-2/h8H,4-7H2,1-3H3,(H,17,21)(H,18,22). The molecule has 2 amide bonds. The molecular weight excluding hydrogens is 360 g/mol. The number of nitrogens with zero attached hydrogens (tertiary/aromatic N) is 2. The average Bonchev–Trinajstić information content (AvgIpc) is 2.94. The first-order valence-electron chi connectivity index (χ1n) is 8.08. The Kier molecular flexibility index (Phi) is 6.45. The van der Waals surface area contributed by atoms with Crippen molar-refractivity contribution >= 4 is 39.3 Å². The highest BCUT2D eigenvalue weighted by atomic mass is 32.1. The summed E-state index contributed by atoms with van der Waals surface area (Å²) in [6, 6.07) is 0. The van der Waals surface area contributed by atoms with Crippen molar-refractivity contribution in [1.82, 2.24) is 20.2 Å². The normalized spacial score (nSPS) is 10.6. The van der Waals surface area contributed by atoms with Crippen LogP contribution in [-0.4, -0.2) is 47.0 Å². The van der Waals surface area contributed by atoms with E-state index in [2.05, 4.69) is 15.6 Å². The van der Waals surface area contributed by atoms with Crippen LogP contribution in [0.1, 0.15) is 29.1 Å². The van der Waals surface area contributed by atoms with Gasteiger partial charge in [-0.25, -0.2) is 9.78 Å². The van der Waals surface area contributed by atoms with Gasteiger partial charge >= 0.3 is 5.97 Å². The number of rotatable bonds is 7. The second kappa shape index (κ2) is 8.56. The maximum absolute atomic E-state index is 12.6. The molecule has 0 aliphatic carbocycles. The smallest absolute Gasteiger partial charge is 0.348 e. The summed E-state index contributed by atoms with van der Waals surface area (Å²) in [5, 5.41) is 5.28. The van der Waals surface area contributed by atoms with Crippen LogP contribution in [0.15, 0.2) is 11.1 Å². The van der Waals surface area contributed by atoms with Crippen LogP contribution >= 0.6 is 11.3 Å². The number of likely N-dealkylation sites (N-methyl/N-ethyl adjacent to an activating group) is 1. The van der Waals surface area contributed by atoms with Crippen molar-refractivity contribution in [2.45, 2.75) is 27.3 Å². The fraction of sp³-hybridized carbons (Fsp3) is 0.438. The molecule has 0 saturated carbocycles. The topological polar surface area (TPSA) is 119 Å². The lowest BCUT2D eigenvalue weighted by atomic mass is 10.2. The number of carbonyl (C=O) groups excluding carboxylic acids is 3. The average molecular weight is 380 g/mol. The summed E-state index contributed by atoms with van der Waals surface area (Å²) in [5.41, 5.74) is 0.0606. The van der Waals surface area contributed by atoms with E-state index in [1.165, 1.54) is 6.33 Å². The number of aryl methyl sites for hydroxylation is 1. The molecule has 0 radical (unpaired) electrons. The van der Waals surface area contributed by atoms with Crippen molar-refractivity contribution in [2.24, 2.45) is 0 Å². The molecule has 0 fully saturated rings. The quantitative estimate of drug-likeness (QED) is 0.662. The van der Waals surface area contributed by atoms with E-state index in [1.54, 1.807) is 20.8 Å². The van der Waals surface area contributed by atoms with E-state index in [0.717, 1.165) is 15.9 Å². The predicted molar refractivity (Wildman–Crippen MR) is 96.3 cm³/mol. The summed E-state index contributed by atoms with van der Waals surface area (Å²) < 4.78 is 6.12. The van der Waals surface area contributed by atoms with Crippen molar-refractivity contribution in [3.63, 3.8) is 0 Å². The van der Waals surface area contributed by atoms with Crippen molar-refractivity contribution < 1.29 is 19.1 Å². The third-order valence-electron chi connectivity index (χ3n) is 3.51. The molecule has 2 N–H and O–H groups in total. The first-order chi connectivity index (χ1) is 12.4. The molecule has 0 bridgehead atoms. The van der Waals surface area contributed by atoms with E-state index in [-0.39, 0.29) is 31.0 Å². The number of amides is 2. The third kappa shape index (κ3) is 4.26. The van der Waals surface area contributed by atoms with Crippen LogP contribution in [0.5, 0.6) is 0 Å². The molecule has 9 nitrogen and oxygen atoms in total. The Hall–Kier alpha value is -2.75. The van der Waals surface area contributed by atoms with Gasteiger partial charge in [0.2, 0.25) is 11.8 Å². The first kappa shape index (κ1) is 19.6. The Morgan fingerprint density at radius 1 is 1.23 bits per heavy atom. The molecule has 10 heteroatoms. The molecule has 2 aromatic rings. The lowest BCUT2D eigenvalue weighted by Crippen LogP contribution is -2.39. The highest BCUT2D eigenvalue weighted by Crippen LogP contribution is 2.27. The number of ether oxygens (including phenoxy) is 1. The SMILES string of the molecule is CCNC(=O)CNC(=O)Cn1cnc2sc(C(=O)OCC)c(C)c2c1=O. The number of fused-ring (bicyclic) bond motifs is 1. The highest BCUT2D eigenvalue weighted by molar-refractivity contribution is 7.20. The van der Waals surface area contributed by atoms with Crippen LogP contribution in [0.25, 0.3) is 10.2 Å². The zero-order valence-electron chi connectivity index (χ0n) is 14.7. The maximum Gasteiger partial charge on any atom is 0.348 e. The van der Waals surface area contributed by atoms with Gasteiger partial charge in [-0.15, -0.1) is 11.3 Å². The van der Waals surface area contributed by atoms with Crippen molar-refractivity contribution in [2.75, 3.05) is 19.7 Å². The van der Waals surface area contributed by atoms with Crippen LogP contribution in [0.3, 0.4) is 0 Å². The van der Waals surface area contributed by atoms with Gasteiger partial charge in [0.25, 0.3) is 5.56 Å². The molecule has 0 saturated heterocycles. The van der Waals surface area contributed by atoms with E-state index in [4.69, 9.17) is 4.74 Å². The molecule has 140 valence electrons. The molecule has 0 aliphatic rings. The second-order valence-corrected chi connectivity index (χ2v) is 6.36. The number of nitrogens with one attached hydrogen (secondary N) is 2. The number of thiophene rings is 1. The van der Waals surface area contributed by atoms with E-state index in [9.17, 15) is 19.2 Å². The third-order valence-corrected chi connectivity index (χ3v) is 4.69. The monoisotopic (exact) mass is 380 g/mol. The molecule has 0 aliphatic heterocycles. The minimum atomic E-state index is -0.501. The summed E-state index contributed by atoms with van der Waals surface area (Å²) in [4.78, 5) is 52.8. The summed E-state index contributed by atoms with van der Waals surface area (Å²) in [5.74, 6) is -1.30. The summed E-state index contributed by atoms with van der Waals surface area (Å²) in [6.45, 7) is 5.38. The lowest BCUT2D eigenvalue weighted by molar-refractivity contribution is -0.126. The molecule has 0 unspecified atom stereocenters. The van der Waals surface area contributed by atoms with Gasteiger partial charge in [-0.3, -0.25) is 19.0 Å². The van der Waals surface area contributed by atoms with Gasteiger partial charge in [0.1, 0.15) is 16.3 Å². The maximum atomic E-state index is 12.6. The predicted octanol–water partition coefficient (Wildman–Crippen LogP) is 0.195. The van der Waals surface area contributed by atoms with Crippen LogP contribution in [-0.2, 0) is 20.9 Å². The molecule has 2 aromatic heterocycles. The molecule has 0 spiro atoms. The van der Waals surface area contributed by atoms with Crippen LogP contribution in [0, 0.1) is 6.92 Å². The van der Waals surface area contributed by atoms with Crippen LogP contribution in [0.4, 0.5) is 0 Å². The summed E-state index contributed by atoms with van der Waals surface area (Å²) in [7, 11) is 0. The van der Waals surface area contributed by atoms with Gasteiger partial charge in [-0.05, 0) is 26.3 Å². The molecule has 26 heavy (non-hydrogen) atoms. The number of hydrogen-bond acceptors (Lipinski definition) is 7. The van der Waals surface area contributed by atoms with Gasteiger partial charge in [0.05, 0.1) is 24.9 Å². The number of aromatic nitrogens is 2. The largest absolute Gasteiger partial charge is 0.462 e. The Bertz CT molecular complexity index is 902. The highest BCUT2D eigenvalue weighted by Gasteiger charge is 2.20. The fourth-order valence-electron chi connectivity index (χ4n) is 2.31. The van der Waals surface area contributed by atoms with Crippen molar-refractivity contribution in [3.05, 3.63) is 27.1 Å². The Balaban J connectivity index is 2.22. The molecule has 0 aromatic carbocycles. The van der Waals surface area contributed by atoms with E-state index in [1.807, 2.05) is 0 Å². The fourth-order valence-corrected chi connectivity index (χ4v) is 3.35. The number of esters is 1. The molecular formula is C16H20N4O5S. The van der Waals surface area contributed by atoms with Gasteiger partial charge in [-0.2, -0.15) is 0 Å². The molecule has 0 atom stereocenters.